The fraction of sp³-hybridized carbons (Fsp3) is 0.478. The van der Waals surface area contributed by atoms with E-state index in [9.17, 15) is 0 Å². The van der Waals surface area contributed by atoms with Crippen LogP contribution in [0.1, 0.15) is 56.2 Å². The van der Waals surface area contributed by atoms with Crippen LogP contribution in [0.25, 0.3) is 0 Å². The first-order valence-corrected chi connectivity index (χ1v) is 10.4. The van der Waals surface area contributed by atoms with Crippen molar-refractivity contribution in [3.8, 4) is 11.5 Å². The van der Waals surface area contributed by atoms with Gasteiger partial charge in [0.25, 0.3) is 0 Å². The zero-order valence-electron chi connectivity index (χ0n) is 16.8. The van der Waals surface area contributed by atoms with Crippen molar-refractivity contribution in [2.45, 2.75) is 59.6 Å². The molecule has 0 saturated heterocycles. The minimum Gasteiger partial charge on any atom is -0.490 e. The maximum atomic E-state index is 6.52. The SMILES string of the molecule is CCCCCCNCc1cc(Cl)c(OCc2cccc(C)c2)c(OCC)c1. The van der Waals surface area contributed by atoms with Crippen LogP contribution in [0.5, 0.6) is 11.5 Å². The first kappa shape index (κ1) is 21.6. The summed E-state index contributed by atoms with van der Waals surface area (Å²) < 4.78 is 11.8. The second-order valence-corrected chi connectivity index (χ2v) is 7.26. The molecule has 0 aromatic heterocycles. The van der Waals surface area contributed by atoms with E-state index < -0.39 is 0 Å². The second kappa shape index (κ2) is 11.9. The number of hydrogen-bond donors (Lipinski definition) is 1. The highest BCUT2D eigenvalue weighted by Crippen LogP contribution is 2.37. The molecule has 0 spiro atoms. The Kier molecular flexibility index (Phi) is 9.51. The summed E-state index contributed by atoms with van der Waals surface area (Å²) in [7, 11) is 0. The van der Waals surface area contributed by atoms with E-state index in [-0.39, 0.29) is 0 Å². The summed E-state index contributed by atoms with van der Waals surface area (Å²) in [5, 5.41) is 4.08. The van der Waals surface area contributed by atoms with E-state index in [1.807, 2.05) is 25.1 Å². The number of rotatable bonds is 12. The van der Waals surface area contributed by atoms with Gasteiger partial charge in [0.15, 0.2) is 11.5 Å². The van der Waals surface area contributed by atoms with Crippen LogP contribution < -0.4 is 14.8 Å². The molecule has 148 valence electrons. The summed E-state index contributed by atoms with van der Waals surface area (Å²) in [6.45, 7) is 9.12. The monoisotopic (exact) mass is 389 g/mol. The Labute approximate surface area is 169 Å². The lowest BCUT2D eigenvalue weighted by Gasteiger charge is -2.16. The quantitative estimate of drug-likeness (QED) is 0.432. The Balaban J connectivity index is 1.99. The average Bonchev–Trinajstić information content (AvgIpc) is 2.64. The Morgan fingerprint density at radius 3 is 2.56 bits per heavy atom. The Morgan fingerprint density at radius 1 is 0.963 bits per heavy atom. The topological polar surface area (TPSA) is 30.5 Å². The van der Waals surface area contributed by atoms with Crippen LogP contribution >= 0.6 is 11.6 Å². The van der Waals surface area contributed by atoms with Gasteiger partial charge in [-0.05, 0) is 50.1 Å². The highest BCUT2D eigenvalue weighted by atomic mass is 35.5. The van der Waals surface area contributed by atoms with Crippen LogP contribution in [0, 0.1) is 6.92 Å². The molecule has 0 radical (unpaired) electrons. The van der Waals surface area contributed by atoms with Crippen molar-refractivity contribution >= 4 is 11.6 Å². The van der Waals surface area contributed by atoms with Gasteiger partial charge in [0.05, 0.1) is 11.6 Å². The van der Waals surface area contributed by atoms with E-state index in [2.05, 4.69) is 37.4 Å². The number of hydrogen-bond acceptors (Lipinski definition) is 3. The number of aryl methyl sites for hydroxylation is 1. The lowest BCUT2D eigenvalue weighted by Crippen LogP contribution is -2.15. The number of ether oxygens (including phenoxy) is 2. The first-order valence-electron chi connectivity index (χ1n) is 9.98. The van der Waals surface area contributed by atoms with Gasteiger partial charge in [-0.25, -0.2) is 0 Å². The molecular weight excluding hydrogens is 358 g/mol. The summed E-state index contributed by atoms with van der Waals surface area (Å²) >= 11 is 6.52. The van der Waals surface area contributed by atoms with Crippen molar-refractivity contribution in [3.05, 3.63) is 58.1 Å². The average molecular weight is 390 g/mol. The molecule has 1 N–H and O–H groups in total. The van der Waals surface area contributed by atoms with Gasteiger partial charge in [0.2, 0.25) is 0 Å². The summed E-state index contributed by atoms with van der Waals surface area (Å²) in [5.74, 6) is 1.33. The van der Waals surface area contributed by atoms with Crippen LogP contribution in [-0.4, -0.2) is 13.2 Å². The van der Waals surface area contributed by atoms with E-state index >= 15 is 0 Å². The van der Waals surface area contributed by atoms with E-state index in [0.717, 1.165) is 24.2 Å². The van der Waals surface area contributed by atoms with Crippen molar-refractivity contribution in [1.29, 1.82) is 0 Å². The molecule has 2 rings (SSSR count). The molecule has 2 aromatic carbocycles. The maximum Gasteiger partial charge on any atom is 0.180 e. The van der Waals surface area contributed by atoms with E-state index in [4.69, 9.17) is 21.1 Å². The molecule has 0 saturated carbocycles. The number of nitrogens with one attached hydrogen (secondary N) is 1. The zero-order chi connectivity index (χ0) is 19.5. The van der Waals surface area contributed by atoms with Crippen LogP contribution in [0.3, 0.4) is 0 Å². The largest absolute Gasteiger partial charge is 0.490 e. The molecule has 2 aromatic rings. The summed E-state index contributed by atoms with van der Waals surface area (Å²) in [5.41, 5.74) is 3.45. The van der Waals surface area contributed by atoms with E-state index in [1.54, 1.807) is 0 Å². The summed E-state index contributed by atoms with van der Waals surface area (Å²) in [6.07, 6.45) is 5.05. The second-order valence-electron chi connectivity index (χ2n) is 6.85. The molecular formula is C23H32ClNO2. The lowest BCUT2D eigenvalue weighted by atomic mass is 10.1. The third-order valence-corrected chi connectivity index (χ3v) is 4.65. The third-order valence-electron chi connectivity index (χ3n) is 4.37. The van der Waals surface area contributed by atoms with Gasteiger partial charge in [-0.2, -0.15) is 0 Å². The van der Waals surface area contributed by atoms with E-state index in [0.29, 0.717) is 29.7 Å². The fourth-order valence-corrected chi connectivity index (χ4v) is 3.28. The predicted octanol–water partition coefficient (Wildman–Crippen LogP) is 6.30. The first-order chi connectivity index (χ1) is 13.1. The van der Waals surface area contributed by atoms with Crippen LogP contribution in [0.2, 0.25) is 5.02 Å². The van der Waals surface area contributed by atoms with Gasteiger partial charge in [0, 0.05) is 6.54 Å². The molecule has 0 aliphatic heterocycles. The van der Waals surface area contributed by atoms with E-state index in [1.165, 1.54) is 31.2 Å². The van der Waals surface area contributed by atoms with Crippen molar-refractivity contribution in [2.75, 3.05) is 13.2 Å². The Morgan fingerprint density at radius 2 is 1.81 bits per heavy atom. The van der Waals surface area contributed by atoms with Gasteiger partial charge in [0.1, 0.15) is 6.61 Å². The molecule has 27 heavy (non-hydrogen) atoms. The van der Waals surface area contributed by atoms with Gasteiger partial charge in [-0.1, -0.05) is 67.6 Å². The number of halogens is 1. The van der Waals surface area contributed by atoms with Crippen molar-refractivity contribution in [2.24, 2.45) is 0 Å². The molecule has 4 heteroatoms. The Bertz CT molecular complexity index is 703. The fourth-order valence-electron chi connectivity index (χ4n) is 2.99. The summed E-state index contributed by atoms with van der Waals surface area (Å²) in [6, 6.07) is 12.3. The predicted molar refractivity (Wildman–Crippen MR) is 114 cm³/mol. The Hall–Kier alpha value is -1.71. The zero-order valence-corrected chi connectivity index (χ0v) is 17.6. The van der Waals surface area contributed by atoms with Gasteiger partial charge >= 0.3 is 0 Å². The normalized spacial score (nSPS) is 10.8. The van der Waals surface area contributed by atoms with Crippen molar-refractivity contribution in [3.63, 3.8) is 0 Å². The molecule has 0 amide bonds. The van der Waals surface area contributed by atoms with Crippen molar-refractivity contribution in [1.82, 2.24) is 5.32 Å². The van der Waals surface area contributed by atoms with Crippen LogP contribution in [0.4, 0.5) is 0 Å². The van der Waals surface area contributed by atoms with Gasteiger partial charge in [-0.3, -0.25) is 0 Å². The number of unbranched alkanes of at least 4 members (excludes halogenated alkanes) is 3. The van der Waals surface area contributed by atoms with Gasteiger partial charge in [-0.15, -0.1) is 0 Å². The highest BCUT2D eigenvalue weighted by molar-refractivity contribution is 6.32. The van der Waals surface area contributed by atoms with Crippen LogP contribution in [0.15, 0.2) is 36.4 Å². The molecule has 0 bridgehead atoms. The molecule has 0 atom stereocenters. The molecule has 0 aliphatic rings. The molecule has 0 unspecified atom stereocenters. The van der Waals surface area contributed by atoms with Crippen molar-refractivity contribution < 1.29 is 9.47 Å². The molecule has 0 heterocycles. The molecule has 3 nitrogen and oxygen atoms in total. The standard InChI is InChI=1S/C23H32ClNO2/c1-4-6-7-8-12-25-16-20-14-21(24)23(22(15-20)26-5-2)27-17-19-11-9-10-18(3)13-19/h9-11,13-15,25H,4-8,12,16-17H2,1-3H3. The minimum atomic E-state index is 0.469. The molecule has 0 aliphatic carbocycles. The van der Waals surface area contributed by atoms with Crippen LogP contribution in [-0.2, 0) is 13.2 Å². The number of benzene rings is 2. The van der Waals surface area contributed by atoms with Gasteiger partial charge < -0.3 is 14.8 Å². The highest BCUT2D eigenvalue weighted by Gasteiger charge is 2.13. The molecule has 0 fully saturated rings. The smallest absolute Gasteiger partial charge is 0.180 e. The summed E-state index contributed by atoms with van der Waals surface area (Å²) in [4.78, 5) is 0. The third kappa shape index (κ3) is 7.43. The minimum absolute atomic E-state index is 0.469. The maximum absolute atomic E-state index is 6.52. The lowest BCUT2D eigenvalue weighted by molar-refractivity contribution is 0.269.